The van der Waals surface area contributed by atoms with Gasteiger partial charge in [0, 0.05) is 26.2 Å². The third kappa shape index (κ3) is 4.02. The topological polar surface area (TPSA) is 35.5 Å². The van der Waals surface area contributed by atoms with Crippen molar-refractivity contribution in [3.05, 3.63) is 0 Å². The third-order valence-corrected chi connectivity index (χ3v) is 2.31. The van der Waals surface area contributed by atoms with E-state index in [1.54, 1.807) is 0 Å². The van der Waals surface area contributed by atoms with Gasteiger partial charge in [-0.1, -0.05) is 6.92 Å². The molecule has 0 aliphatic carbocycles. The molecule has 1 aliphatic rings. The molecule has 0 amide bonds. The molecule has 4 heteroatoms. The Balaban J connectivity index is 2.30. The summed E-state index contributed by atoms with van der Waals surface area (Å²) in [5.41, 5.74) is 0. The zero-order valence-electron chi connectivity index (χ0n) is 8.17. The van der Waals surface area contributed by atoms with Crippen molar-refractivity contribution in [1.29, 1.82) is 0 Å². The summed E-state index contributed by atoms with van der Waals surface area (Å²) in [5.74, 6) is 0.578. The molecule has 1 rings (SSSR count). The molecule has 3 nitrogen and oxygen atoms in total. The molecule has 0 aromatic rings. The van der Waals surface area contributed by atoms with Gasteiger partial charge in [0.05, 0.1) is 6.10 Å². The number of hydrogen-bond acceptors (Lipinski definition) is 3. The van der Waals surface area contributed by atoms with Gasteiger partial charge in [-0.15, -0.1) is 0 Å². The summed E-state index contributed by atoms with van der Waals surface area (Å²) < 4.78 is 12.0. The summed E-state index contributed by atoms with van der Waals surface area (Å²) in [6, 6.07) is 0. The van der Waals surface area contributed by atoms with E-state index in [0.29, 0.717) is 12.5 Å². The van der Waals surface area contributed by atoms with Crippen LogP contribution in [0.1, 0.15) is 6.92 Å². The zero-order valence-corrected chi connectivity index (χ0v) is 8.17. The maximum absolute atomic E-state index is 12.0. The highest BCUT2D eigenvalue weighted by Gasteiger charge is 2.16. The average molecular weight is 190 g/mol. The number of alkyl halides is 1. The first-order valence-corrected chi connectivity index (χ1v) is 4.89. The fourth-order valence-corrected chi connectivity index (χ4v) is 1.69. The fraction of sp³-hybridized carbons (Fsp3) is 1.00. The summed E-state index contributed by atoms with van der Waals surface area (Å²) in [6.45, 7) is 5.78. The molecule has 2 unspecified atom stereocenters. The summed E-state index contributed by atoms with van der Waals surface area (Å²) in [5, 5.41) is 12.5. The lowest BCUT2D eigenvalue weighted by Gasteiger charge is -2.23. The van der Waals surface area contributed by atoms with Gasteiger partial charge in [0.15, 0.2) is 0 Å². The molecule has 1 saturated heterocycles. The second-order valence-electron chi connectivity index (χ2n) is 3.88. The molecule has 1 aliphatic heterocycles. The smallest absolute Gasteiger partial charge is 0.117 e. The van der Waals surface area contributed by atoms with Gasteiger partial charge in [0.25, 0.3) is 0 Å². The summed E-state index contributed by atoms with van der Waals surface area (Å²) in [6.07, 6.45) is -0.815. The van der Waals surface area contributed by atoms with Crippen LogP contribution in [0.5, 0.6) is 0 Å². The summed E-state index contributed by atoms with van der Waals surface area (Å²) in [7, 11) is 0. The molecule has 2 atom stereocenters. The number of halogens is 1. The Morgan fingerprint density at radius 3 is 3.15 bits per heavy atom. The number of rotatable bonds is 3. The van der Waals surface area contributed by atoms with Gasteiger partial charge in [-0.2, -0.15) is 0 Å². The van der Waals surface area contributed by atoms with E-state index in [0.717, 1.165) is 26.2 Å². The van der Waals surface area contributed by atoms with Crippen LogP contribution in [0.15, 0.2) is 0 Å². The van der Waals surface area contributed by atoms with Crippen LogP contribution in [-0.2, 0) is 0 Å². The number of nitrogens with zero attached hydrogens (tertiary/aromatic N) is 1. The van der Waals surface area contributed by atoms with Crippen molar-refractivity contribution in [2.24, 2.45) is 5.92 Å². The lowest BCUT2D eigenvalue weighted by molar-refractivity contribution is 0.0883. The van der Waals surface area contributed by atoms with Gasteiger partial charge >= 0.3 is 0 Å². The standard InChI is InChI=1S/C9H19FN2O/c1-8-5-11-2-3-12(6-8)7-9(13)4-10/h8-9,11,13H,2-7H2,1H3. The van der Waals surface area contributed by atoms with Crippen molar-refractivity contribution in [3.8, 4) is 0 Å². The van der Waals surface area contributed by atoms with Crippen molar-refractivity contribution in [2.75, 3.05) is 39.4 Å². The molecule has 0 radical (unpaired) electrons. The van der Waals surface area contributed by atoms with Gasteiger partial charge in [-0.05, 0) is 12.5 Å². The van der Waals surface area contributed by atoms with Crippen molar-refractivity contribution in [3.63, 3.8) is 0 Å². The van der Waals surface area contributed by atoms with E-state index in [9.17, 15) is 4.39 Å². The van der Waals surface area contributed by atoms with E-state index in [-0.39, 0.29) is 0 Å². The van der Waals surface area contributed by atoms with Crippen LogP contribution < -0.4 is 5.32 Å². The highest BCUT2D eigenvalue weighted by Crippen LogP contribution is 2.03. The molecule has 1 heterocycles. The monoisotopic (exact) mass is 190 g/mol. The predicted octanol–water partition coefficient (Wildman–Crippen LogP) is -0.142. The normalized spacial score (nSPS) is 28.4. The van der Waals surface area contributed by atoms with Gasteiger partial charge in [0.1, 0.15) is 6.67 Å². The van der Waals surface area contributed by atoms with Crippen LogP contribution in [-0.4, -0.2) is 55.5 Å². The minimum Gasteiger partial charge on any atom is -0.389 e. The Morgan fingerprint density at radius 2 is 2.46 bits per heavy atom. The van der Waals surface area contributed by atoms with Crippen molar-refractivity contribution in [1.82, 2.24) is 10.2 Å². The van der Waals surface area contributed by atoms with Crippen LogP contribution >= 0.6 is 0 Å². The van der Waals surface area contributed by atoms with Gasteiger partial charge in [-0.3, -0.25) is 4.90 Å². The van der Waals surface area contributed by atoms with E-state index in [1.165, 1.54) is 0 Å². The Labute approximate surface area is 78.9 Å². The number of β-amino-alcohol motifs (C(OH)–C–C–N with tert-alkyl or cyclic N) is 1. The number of aliphatic hydroxyl groups excluding tert-OH is 1. The summed E-state index contributed by atoms with van der Waals surface area (Å²) >= 11 is 0. The van der Waals surface area contributed by atoms with E-state index < -0.39 is 12.8 Å². The van der Waals surface area contributed by atoms with Crippen LogP contribution in [0.3, 0.4) is 0 Å². The van der Waals surface area contributed by atoms with Crippen LogP contribution in [0.4, 0.5) is 4.39 Å². The average Bonchev–Trinajstić information content (AvgIpc) is 2.30. The Bertz CT molecular complexity index is 146. The Morgan fingerprint density at radius 1 is 1.69 bits per heavy atom. The maximum Gasteiger partial charge on any atom is 0.117 e. The molecule has 0 aromatic heterocycles. The van der Waals surface area contributed by atoms with Gasteiger partial charge < -0.3 is 10.4 Å². The third-order valence-electron chi connectivity index (χ3n) is 2.31. The van der Waals surface area contributed by atoms with Crippen LogP contribution in [0, 0.1) is 5.92 Å². The molecule has 0 saturated carbocycles. The maximum atomic E-state index is 12.0. The molecule has 1 fully saturated rings. The van der Waals surface area contributed by atoms with E-state index in [4.69, 9.17) is 5.11 Å². The highest BCUT2D eigenvalue weighted by atomic mass is 19.1. The van der Waals surface area contributed by atoms with Gasteiger partial charge in [0.2, 0.25) is 0 Å². The molecular formula is C9H19FN2O. The zero-order chi connectivity index (χ0) is 9.68. The minimum atomic E-state index is -0.815. The molecular weight excluding hydrogens is 171 g/mol. The molecule has 0 aromatic carbocycles. The number of aliphatic hydroxyl groups is 1. The second-order valence-corrected chi connectivity index (χ2v) is 3.88. The van der Waals surface area contributed by atoms with E-state index in [2.05, 4.69) is 17.1 Å². The fourth-order valence-electron chi connectivity index (χ4n) is 1.69. The molecule has 13 heavy (non-hydrogen) atoms. The SMILES string of the molecule is CC1CNCCN(CC(O)CF)C1. The minimum absolute atomic E-state index is 0.461. The largest absolute Gasteiger partial charge is 0.389 e. The highest BCUT2D eigenvalue weighted by molar-refractivity contribution is 4.72. The number of hydrogen-bond donors (Lipinski definition) is 2. The quantitative estimate of drug-likeness (QED) is 0.650. The Hall–Kier alpha value is -0.190. The molecule has 2 N–H and O–H groups in total. The van der Waals surface area contributed by atoms with Crippen LogP contribution in [0.2, 0.25) is 0 Å². The second kappa shape index (κ2) is 5.52. The Kier molecular flexibility index (Phi) is 4.62. The molecule has 0 bridgehead atoms. The lowest BCUT2D eigenvalue weighted by atomic mass is 10.1. The first-order chi connectivity index (χ1) is 6.22. The summed E-state index contributed by atoms with van der Waals surface area (Å²) in [4.78, 5) is 2.12. The first-order valence-electron chi connectivity index (χ1n) is 4.89. The lowest BCUT2D eigenvalue weighted by Crippen LogP contribution is -2.37. The number of nitrogens with one attached hydrogen (secondary N) is 1. The predicted molar refractivity (Wildman–Crippen MR) is 50.5 cm³/mol. The van der Waals surface area contributed by atoms with Crippen LogP contribution in [0.25, 0.3) is 0 Å². The van der Waals surface area contributed by atoms with E-state index in [1.807, 2.05) is 0 Å². The molecule has 78 valence electrons. The van der Waals surface area contributed by atoms with Crippen molar-refractivity contribution in [2.45, 2.75) is 13.0 Å². The van der Waals surface area contributed by atoms with Gasteiger partial charge in [-0.25, -0.2) is 4.39 Å². The van der Waals surface area contributed by atoms with Crippen molar-refractivity contribution < 1.29 is 9.50 Å². The first kappa shape index (κ1) is 10.9. The van der Waals surface area contributed by atoms with Crippen molar-refractivity contribution >= 4 is 0 Å². The van der Waals surface area contributed by atoms with E-state index >= 15 is 0 Å². The molecule has 0 spiro atoms.